The van der Waals surface area contributed by atoms with Gasteiger partial charge in [-0.25, -0.2) is 9.48 Å². The van der Waals surface area contributed by atoms with E-state index in [1.807, 2.05) is 67.4 Å². The van der Waals surface area contributed by atoms with E-state index in [9.17, 15) is 9.59 Å². The number of aromatic nitrogens is 4. The third-order valence-electron chi connectivity index (χ3n) is 6.74. The van der Waals surface area contributed by atoms with E-state index in [-0.39, 0.29) is 5.56 Å². The fraction of sp³-hybridized carbons (Fsp3) is 0.200. The molecule has 2 aromatic heterocycles. The van der Waals surface area contributed by atoms with Crippen molar-refractivity contribution in [3.8, 4) is 5.69 Å². The lowest BCUT2D eigenvalue weighted by Crippen LogP contribution is -2.43. The highest BCUT2D eigenvalue weighted by Crippen LogP contribution is 2.48. The van der Waals surface area contributed by atoms with E-state index in [1.165, 1.54) is 11.6 Å². The zero-order valence-corrected chi connectivity index (χ0v) is 22.2. The Hall–Kier alpha value is -3.63. The molecule has 2 aliphatic rings. The summed E-state index contributed by atoms with van der Waals surface area (Å²) in [6.45, 7) is 1.94. The van der Waals surface area contributed by atoms with Crippen molar-refractivity contribution >= 4 is 50.8 Å². The number of anilines is 2. The molecule has 9 nitrogen and oxygen atoms in total. The van der Waals surface area contributed by atoms with Crippen molar-refractivity contribution in [3.63, 3.8) is 0 Å². The highest BCUT2D eigenvalue weighted by molar-refractivity contribution is 9.10. The Morgan fingerprint density at radius 3 is 2.42 bits per heavy atom. The van der Waals surface area contributed by atoms with Gasteiger partial charge in [-0.1, -0.05) is 39.7 Å². The van der Waals surface area contributed by atoms with E-state index in [1.54, 1.807) is 16.6 Å². The van der Waals surface area contributed by atoms with Crippen LogP contribution in [-0.4, -0.2) is 31.9 Å². The molecule has 2 aliphatic heterocycles. The average molecular weight is 567 g/mol. The van der Waals surface area contributed by atoms with Gasteiger partial charge in [0.1, 0.15) is 5.82 Å². The SMILES string of the molecule is Cc1nn(-c2ccc(Cl)cc2)c2c1[C@H](c1cccc(Br)c1)N1C(=N2)N(C)c2c1c(=O)n(C)c(=O)n2C. The van der Waals surface area contributed by atoms with Gasteiger partial charge in [-0.05, 0) is 48.9 Å². The molecule has 6 rings (SSSR count). The molecule has 0 spiro atoms. The molecular weight excluding hydrogens is 546 g/mol. The van der Waals surface area contributed by atoms with Gasteiger partial charge in [0.2, 0.25) is 5.96 Å². The summed E-state index contributed by atoms with van der Waals surface area (Å²) >= 11 is 9.73. The Kier molecular flexibility index (Phi) is 5.03. The molecule has 0 N–H and O–H groups in total. The van der Waals surface area contributed by atoms with Crippen molar-refractivity contribution in [2.24, 2.45) is 19.1 Å². The van der Waals surface area contributed by atoms with E-state index in [0.717, 1.165) is 31.5 Å². The molecule has 0 aliphatic carbocycles. The molecule has 0 fully saturated rings. The van der Waals surface area contributed by atoms with Crippen LogP contribution in [-0.2, 0) is 14.1 Å². The van der Waals surface area contributed by atoms with Crippen molar-refractivity contribution in [1.29, 1.82) is 0 Å². The number of nitrogens with zero attached hydrogens (tertiary/aromatic N) is 7. The summed E-state index contributed by atoms with van der Waals surface area (Å²) in [5.41, 5.74) is 3.05. The molecule has 0 amide bonds. The predicted molar refractivity (Wildman–Crippen MR) is 144 cm³/mol. The molecule has 4 heterocycles. The largest absolute Gasteiger partial charge is 0.332 e. The molecule has 0 radical (unpaired) electrons. The van der Waals surface area contributed by atoms with Crippen LogP contribution in [0.15, 0.2) is 67.6 Å². The highest BCUT2D eigenvalue weighted by Gasteiger charge is 2.46. The molecule has 4 aromatic rings. The minimum absolute atomic E-state index is 0.378. The number of aliphatic imine (C=N–C) groups is 1. The first kappa shape index (κ1) is 22.8. The van der Waals surface area contributed by atoms with Crippen LogP contribution in [0.4, 0.5) is 17.3 Å². The fourth-order valence-corrected chi connectivity index (χ4v) is 5.62. The molecule has 11 heteroatoms. The number of hydrogen-bond acceptors (Lipinski definition) is 6. The van der Waals surface area contributed by atoms with Gasteiger partial charge in [-0.2, -0.15) is 10.1 Å². The van der Waals surface area contributed by atoms with E-state index in [0.29, 0.717) is 28.3 Å². The third kappa shape index (κ3) is 3.07. The number of guanidine groups is 1. The molecule has 0 bridgehead atoms. The lowest BCUT2D eigenvalue weighted by Gasteiger charge is -2.34. The first-order valence-corrected chi connectivity index (χ1v) is 12.4. The van der Waals surface area contributed by atoms with Crippen LogP contribution in [0.3, 0.4) is 0 Å². The fourth-order valence-electron chi connectivity index (χ4n) is 5.07. The topological polar surface area (TPSA) is 80.7 Å². The summed E-state index contributed by atoms with van der Waals surface area (Å²) in [4.78, 5) is 35.0. The monoisotopic (exact) mass is 565 g/mol. The minimum atomic E-state index is -0.403. The van der Waals surface area contributed by atoms with Crippen LogP contribution in [0.5, 0.6) is 0 Å². The maximum atomic E-state index is 13.5. The van der Waals surface area contributed by atoms with E-state index in [2.05, 4.69) is 15.9 Å². The molecule has 0 saturated carbocycles. The lowest BCUT2D eigenvalue weighted by molar-refractivity contribution is 0.686. The summed E-state index contributed by atoms with van der Waals surface area (Å²) in [6, 6.07) is 15.0. The second-order valence-electron chi connectivity index (χ2n) is 8.89. The van der Waals surface area contributed by atoms with Crippen LogP contribution in [0.2, 0.25) is 5.02 Å². The van der Waals surface area contributed by atoms with Gasteiger partial charge in [0.15, 0.2) is 11.5 Å². The summed E-state index contributed by atoms with van der Waals surface area (Å²) in [7, 11) is 4.97. The zero-order valence-electron chi connectivity index (χ0n) is 19.9. The Bertz CT molecular complexity index is 1720. The van der Waals surface area contributed by atoms with E-state index in [4.69, 9.17) is 21.7 Å². The number of aryl methyl sites for hydroxylation is 1. The second-order valence-corrected chi connectivity index (χ2v) is 10.2. The van der Waals surface area contributed by atoms with Crippen LogP contribution >= 0.6 is 27.5 Å². The van der Waals surface area contributed by atoms with Gasteiger partial charge in [0, 0.05) is 36.2 Å². The number of rotatable bonds is 2. The average Bonchev–Trinajstić information content (AvgIpc) is 3.35. The highest BCUT2D eigenvalue weighted by atomic mass is 79.9. The molecule has 0 saturated heterocycles. The van der Waals surface area contributed by atoms with Crippen molar-refractivity contribution < 1.29 is 0 Å². The van der Waals surface area contributed by atoms with Crippen LogP contribution in [0.25, 0.3) is 5.69 Å². The molecule has 36 heavy (non-hydrogen) atoms. The smallest absolute Gasteiger partial charge is 0.299 e. The second kappa shape index (κ2) is 7.94. The number of hydrogen-bond donors (Lipinski definition) is 0. The van der Waals surface area contributed by atoms with Crippen LogP contribution in [0.1, 0.15) is 22.9 Å². The van der Waals surface area contributed by atoms with Gasteiger partial charge >= 0.3 is 5.69 Å². The summed E-state index contributed by atoms with van der Waals surface area (Å²) in [6.07, 6.45) is 0. The minimum Gasteiger partial charge on any atom is -0.299 e. The lowest BCUT2D eigenvalue weighted by atomic mass is 9.95. The van der Waals surface area contributed by atoms with Crippen molar-refractivity contribution in [3.05, 3.63) is 95.7 Å². The third-order valence-corrected chi connectivity index (χ3v) is 7.48. The Balaban J connectivity index is 1.70. The first-order chi connectivity index (χ1) is 17.2. The molecular formula is C25H21BrClN7O2. The number of halogens is 2. The Labute approximate surface area is 219 Å². The van der Waals surface area contributed by atoms with Crippen LogP contribution in [0, 0.1) is 6.92 Å². The summed E-state index contributed by atoms with van der Waals surface area (Å²) < 4.78 is 5.32. The zero-order chi connectivity index (χ0) is 25.5. The van der Waals surface area contributed by atoms with E-state index >= 15 is 0 Å². The normalized spacial score (nSPS) is 16.1. The standard InChI is InChI=1S/C25H21BrClN7O2/c1-13-18-19(14-6-5-7-15(26)12-14)33-20-22(31(3)25(36)32(4)23(20)35)30(2)24(33)28-21(18)34(29-13)17-10-8-16(27)9-11-17/h5-12,19H,1-4H3/t19-/m0/s1. The van der Waals surface area contributed by atoms with Gasteiger partial charge in [-0.15, -0.1) is 0 Å². The molecule has 182 valence electrons. The maximum absolute atomic E-state index is 13.5. The van der Waals surface area contributed by atoms with Crippen molar-refractivity contribution in [1.82, 2.24) is 18.9 Å². The quantitative estimate of drug-likeness (QED) is 0.366. The Morgan fingerprint density at radius 1 is 1.00 bits per heavy atom. The van der Waals surface area contributed by atoms with Gasteiger partial charge in [-0.3, -0.25) is 23.7 Å². The van der Waals surface area contributed by atoms with Crippen molar-refractivity contribution in [2.75, 3.05) is 16.8 Å². The molecule has 2 aromatic carbocycles. The summed E-state index contributed by atoms with van der Waals surface area (Å²) in [5, 5.41) is 5.47. The Morgan fingerprint density at radius 2 is 1.72 bits per heavy atom. The van der Waals surface area contributed by atoms with Crippen LogP contribution < -0.4 is 21.0 Å². The van der Waals surface area contributed by atoms with Gasteiger partial charge < -0.3 is 0 Å². The number of benzene rings is 2. The van der Waals surface area contributed by atoms with Gasteiger partial charge in [0.05, 0.1) is 17.4 Å². The van der Waals surface area contributed by atoms with E-state index < -0.39 is 11.7 Å². The number of fused-ring (bicyclic) bond motifs is 4. The predicted octanol–water partition coefficient (Wildman–Crippen LogP) is 4.04. The maximum Gasteiger partial charge on any atom is 0.332 e. The molecule has 0 unspecified atom stereocenters. The molecule has 1 atom stereocenters. The van der Waals surface area contributed by atoms with Gasteiger partial charge in [0.25, 0.3) is 5.56 Å². The first-order valence-electron chi connectivity index (χ1n) is 11.2. The summed E-state index contributed by atoms with van der Waals surface area (Å²) in [5.74, 6) is 1.69. The van der Waals surface area contributed by atoms with Crippen molar-refractivity contribution in [2.45, 2.75) is 13.0 Å².